The van der Waals surface area contributed by atoms with Crippen molar-refractivity contribution in [3.63, 3.8) is 0 Å². The van der Waals surface area contributed by atoms with E-state index in [2.05, 4.69) is 42.1 Å². The number of nitrogens with one attached hydrogen (secondary N) is 2. The smallest absolute Gasteiger partial charge is 0.412 e. The van der Waals surface area contributed by atoms with E-state index in [1.54, 1.807) is 48.4 Å². The minimum atomic E-state index is -0.949. The van der Waals surface area contributed by atoms with Gasteiger partial charge in [-0.1, -0.05) is 30.5 Å². The van der Waals surface area contributed by atoms with Crippen LogP contribution in [0.25, 0.3) is 5.52 Å². The molecule has 0 unspecified atom stereocenters. The number of anilines is 2. The molecule has 0 atom stereocenters. The van der Waals surface area contributed by atoms with Gasteiger partial charge in [0.05, 0.1) is 61.9 Å². The van der Waals surface area contributed by atoms with Gasteiger partial charge in [0, 0.05) is 60.4 Å². The molecule has 30 nitrogen and oxygen atoms in total. The number of ether oxygens (including phenoxy) is 4. The molecule has 0 bridgehead atoms. The van der Waals surface area contributed by atoms with Crippen molar-refractivity contribution in [2.75, 3.05) is 29.7 Å². The SMILES string of the molecule is CCC#CC(=O)OCC.CCOC(=O)c1c(CC)nn2cc(C)c(C)cc12.Cc1c[n+](N)ccc1NC(=O)OC(C)(C)C.Cc1cnccc1NC(=O)OC(C)(C)C.NOc1ccc([N+](=O)[O-])cc1[N+](=O)[O-].O=[N+]([O-])c1ccc([O-])c([N+](=O)[O-])c1. The lowest BCUT2D eigenvalue weighted by Crippen LogP contribution is -2.43. The Bertz CT molecular complexity index is 3380. The summed E-state index contributed by atoms with van der Waals surface area (Å²) in [6, 6.07) is 10.7. The number of aryl methyl sites for hydroxylation is 5. The molecule has 0 aliphatic heterocycles. The molecule has 6 aromatic rings. The van der Waals surface area contributed by atoms with E-state index in [4.69, 9.17) is 26.0 Å². The Kier molecular flexibility index (Phi) is 29.5. The summed E-state index contributed by atoms with van der Waals surface area (Å²) >= 11 is 0. The van der Waals surface area contributed by atoms with Gasteiger partial charge in [-0.05, 0) is 130 Å². The fraction of sp³-hybridized carbons (Fsp3) is 0.364. The van der Waals surface area contributed by atoms with E-state index in [1.165, 1.54) is 4.68 Å². The van der Waals surface area contributed by atoms with Crippen molar-refractivity contribution in [1.82, 2.24) is 14.6 Å². The Morgan fingerprint density at radius 2 is 1.22 bits per heavy atom. The molecule has 0 aliphatic carbocycles. The van der Waals surface area contributed by atoms with Crippen molar-refractivity contribution in [2.45, 2.75) is 121 Å². The first-order valence-corrected chi connectivity index (χ1v) is 25.5. The van der Waals surface area contributed by atoms with E-state index >= 15 is 0 Å². The lowest BCUT2D eigenvalue weighted by Gasteiger charge is -2.20. The molecular weight excluding hydrogens is 1120 g/mol. The molecule has 2 aromatic carbocycles. The molecule has 4 heterocycles. The predicted octanol–water partition coefficient (Wildman–Crippen LogP) is 9.07. The fourth-order valence-electron chi connectivity index (χ4n) is 6.17. The van der Waals surface area contributed by atoms with E-state index in [-0.39, 0.29) is 11.7 Å². The first-order valence-electron chi connectivity index (χ1n) is 25.5. The van der Waals surface area contributed by atoms with Crippen LogP contribution in [0.3, 0.4) is 0 Å². The number of hydrogen-bond donors (Lipinski definition) is 4. The van der Waals surface area contributed by atoms with Crippen LogP contribution < -0.4 is 37.0 Å². The maximum atomic E-state index is 12.0. The van der Waals surface area contributed by atoms with Crippen molar-refractivity contribution < 1.29 is 72.4 Å². The number of nitrogen functional groups attached to an aromatic ring is 1. The first kappa shape index (κ1) is 72.4. The van der Waals surface area contributed by atoms with Crippen LogP contribution >= 0.6 is 0 Å². The normalized spacial score (nSPS) is 10.1. The van der Waals surface area contributed by atoms with Gasteiger partial charge in [-0.3, -0.25) is 56.1 Å². The largest absolute Gasteiger partial charge is 0.868 e. The number of aromatic nitrogens is 4. The van der Waals surface area contributed by atoms with Crippen molar-refractivity contribution in [3.05, 3.63) is 160 Å². The Morgan fingerprint density at radius 1 is 0.694 bits per heavy atom. The number of benzene rings is 2. The summed E-state index contributed by atoms with van der Waals surface area (Å²) in [7, 11) is 0. The lowest BCUT2D eigenvalue weighted by atomic mass is 10.1. The second-order valence-electron chi connectivity index (χ2n) is 19.1. The standard InChI is InChI=1S/C14H18N2O2.C11H17N3O2.C11H16N2O2.C7H10O2.C6H5N3O5.C6H4N2O5/c1-5-11-13(14(17)18-6-2)12-7-9(3)10(4)8-16(12)15-11;1-8-7-14(12)6-5-9(8)13-10(15)16-11(2,3)4;1-8-7-12-6-5-9(8)13-10(14)15-11(2,3)4;1-3-5-6-7(8)9-4-2;7-14-6-2-1-4(8(10)11)3-5(6)9(12)13;9-6-2-1-4(7(10)11)3-5(6)8(12)13/h7-8H,5-6H2,1-4H3;5-7H,12H2,1-4H3;5-7H,1-4H3,(H,12,13,14);3-4H2,1-2H3;1-3H,7H2;1-3,9H. The maximum Gasteiger partial charge on any atom is 0.412 e. The molecule has 458 valence electrons. The molecule has 0 radical (unpaired) electrons. The summed E-state index contributed by atoms with van der Waals surface area (Å²) in [6.07, 6.45) is 9.13. The highest BCUT2D eigenvalue weighted by Crippen LogP contribution is 2.30. The van der Waals surface area contributed by atoms with Crippen LogP contribution in [-0.4, -0.2) is 82.8 Å². The van der Waals surface area contributed by atoms with Gasteiger partial charge in [-0.15, -0.1) is 0 Å². The molecule has 2 amide bonds. The molecule has 0 fully saturated rings. The van der Waals surface area contributed by atoms with Crippen LogP contribution in [0.4, 0.5) is 43.7 Å². The van der Waals surface area contributed by atoms with Crippen LogP contribution in [0.2, 0.25) is 0 Å². The van der Waals surface area contributed by atoms with Crippen molar-refractivity contribution in [2.24, 2.45) is 5.90 Å². The average Bonchev–Trinajstić information content (AvgIpc) is 2.11. The molecule has 0 spiro atoms. The summed E-state index contributed by atoms with van der Waals surface area (Å²) in [6.45, 7) is 26.9. The van der Waals surface area contributed by atoms with Gasteiger partial charge in [0.2, 0.25) is 18.1 Å². The van der Waals surface area contributed by atoms with Gasteiger partial charge in [0.15, 0.2) is 0 Å². The zero-order chi connectivity index (χ0) is 64.9. The Balaban J connectivity index is 0.000000515. The highest BCUT2D eigenvalue weighted by Gasteiger charge is 2.23. The van der Waals surface area contributed by atoms with Crippen LogP contribution in [0.5, 0.6) is 11.5 Å². The molecule has 0 saturated heterocycles. The first-order chi connectivity index (χ1) is 39.6. The number of fused-ring (bicyclic) bond motifs is 1. The number of carbonyl (C=O) groups excluding carboxylic acids is 4. The predicted molar refractivity (Wildman–Crippen MR) is 309 cm³/mol. The number of hydrogen-bond acceptors (Lipinski definition) is 22. The molecule has 6 rings (SSSR count). The molecule has 30 heteroatoms. The third-order valence-corrected chi connectivity index (χ3v) is 10.1. The number of nitrogens with zero attached hydrogens (tertiary/aromatic N) is 8. The Morgan fingerprint density at radius 3 is 1.68 bits per heavy atom. The zero-order valence-corrected chi connectivity index (χ0v) is 49.5. The van der Waals surface area contributed by atoms with E-state index in [0.717, 1.165) is 69.5 Å². The van der Waals surface area contributed by atoms with Gasteiger partial charge in [0.25, 0.3) is 17.1 Å². The minimum Gasteiger partial charge on any atom is -0.868 e. The number of nitro groups is 4. The Hall–Kier alpha value is -10.6. The number of pyridine rings is 3. The average molecular weight is 1190 g/mol. The summed E-state index contributed by atoms with van der Waals surface area (Å²) < 4.78 is 23.1. The minimum absolute atomic E-state index is 0.222. The maximum absolute atomic E-state index is 12.0. The summed E-state index contributed by atoms with van der Waals surface area (Å²) in [5.41, 5.74) is 4.55. The van der Waals surface area contributed by atoms with Crippen LogP contribution in [-0.2, 0) is 30.2 Å². The number of non-ortho nitro benzene ring substituents is 2. The lowest BCUT2D eigenvalue weighted by molar-refractivity contribution is -0.639. The van der Waals surface area contributed by atoms with Crippen molar-refractivity contribution >= 4 is 63.8 Å². The third-order valence-electron chi connectivity index (χ3n) is 10.1. The highest BCUT2D eigenvalue weighted by atomic mass is 16.7. The van der Waals surface area contributed by atoms with Crippen molar-refractivity contribution in [3.8, 4) is 23.3 Å². The van der Waals surface area contributed by atoms with Crippen LogP contribution in [0, 0.1) is 80.0 Å². The molecular formula is C55H70N12O18. The quantitative estimate of drug-likeness (QED) is 0.0137. The Labute approximate surface area is 488 Å². The third kappa shape index (κ3) is 26.3. The summed E-state index contributed by atoms with van der Waals surface area (Å²) in [5, 5.41) is 61.6. The molecule has 85 heavy (non-hydrogen) atoms. The van der Waals surface area contributed by atoms with Crippen molar-refractivity contribution in [1.29, 1.82) is 0 Å². The van der Waals surface area contributed by atoms with E-state index in [9.17, 15) is 64.7 Å². The fourth-order valence-corrected chi connectivity index (χ4v) is 6.17. The number of amides is 2. The van der Waals surface area contributed by atoms with Gasteiger partial charge in [0.1, 0.15) is 16.8 Å². The summed E-state index contributed by atoms with van der Waals surface area (Å²) in [5.74, 6) is 13.4. The number of rotatable bonds is 11. The molecule has 6 N–H and O–H groups in total. The van der Waals surface area contributed by atoms with E-state index in [1.807, 2.05) is 102 Å². The van der Waals surface area contributed by atoms with Gasteiger partial charge in [-0.2, -0.15) is 11.0 Å². The highest BCUT2D eigenvalue weighted by molar-refractivity contribution is 5.98. The monoisotopic (exact) mass is 1190 g/mol. The second kappa shape index (κ2) is 34.7. The van der Waals surface area contributed by atoms with E-state index < -0.39 is 77.6 Å². The van der Waals surface area contributed by atoms with Gasteiger partial charge >= 0.3 is 29.8 Å². The zero-order valence-electron chi connectivity index (χ0n) is 49.5. The molecule has 0 saturated carbocycles. The number of nitro benzene ring substituents is 4. The molecule has 4 aromatic heterocycles. The van der Waals surface area contributed by atoms with E-state index in [0.29, 0.717) is 43.4 Å². The second-order valence-corrected chi connectivity index (χ2v) is 19.1. The van der Waals surface area contributed by atoms with Crippen LogP contribution in [0.1, 0.15) is 114 Å². The molecule has 0 aliphatic rings. The number of nitrogens with two attached hydrogens (primary N) is 2. The number of esters is 2. The summed E-state index contributed by atoms with van der Waals surface area (Å²) in [4.78, 5) is 91.2. The van der Waals surface area contributed by atoms with Crippen LogP contribution in [0.15, 0.2) is 85.6 Å². The number of carbonyl (C=O) groups is 4. The van der Waals surface area contributed by atoms with Gasteiger partial charge < -0.3 is 28.9 Å². The van der Waals surface area contributed by atoms with Gasteiger partial charge in [-0.25, -0.2) is 29.5 Å². The topological polar surface area (TPSA) is 420 Å².